The van der Waals surface area contributed by atoms with Gasteiger partial charge in [0.1, 0.15) is 17.3 Å². The molecule has 2 aromatic carbocycles. The molecule has 1 aromatic heterocycles. The molecule has 0 spiro atoms. The van der Waals surface area contributed by atoms with Crippen molar-refractivity contribution in [1.82, 2.24) is 20.3 Å². The van der Waals surface area contributed by atoms with Gasteiger partial charge in [0.15, 0.2) is 11.4 Å². The number of amides is 1. The first kappa shape index (κ1) is 22.1. The first-order chi connectivity index (χ1) is 14.7. The third-order valence-electron chi connectivity index (χ3n) is 4.39. The van der Waals surface area contributed by atoms with E-state index in [1.165, 1.54) is 14.2 Å². The highest BCUT2D eigenvalue weighted by molar-refractivity contribution is 5.93. The second kappa shape index (κ2) is 9.02. The number of carbonyl (C=O) groups excluding carboxylic acids is 1. The average molecular weight is 438 g/mol. The maximum atomic E-state index is 13.7. The van der Waals surface area contributed by atoms with Crippen LogP contribution >= 0.6 is 0 Å². The van der Waals surface area contributed by atoms with Gasteiger partial charge in [-0.05, 0) is 54.4 Å². The minimum absolute atomic E-state index is 0.0169. The molecule has 3 aromatic rings. The fourth-order valence-electron chi connectivity index (χ4n) is 2.92. The van der Waals surface area contributed by atoms with Gasteiger partial charge in [0.2, 0.25) is 0 Å². The van der Waals surface area contributed by atoms with Gasteiger partial charge in [0.25, 0.3) is 5.91 Å². The Hall–Kier alpha value is -3.63. The lowest BCUT2D eigenvalue weighted by Gasteiger charge is -2.12. The fourth-order valence-corrected chi connectivity index (χ4v) is 2.92. The van der Waals surface area contributed by atoms with Gasteiger partial charge in [0, 0.05) is 6.54 Å². The molecule has 164 valence electrons. The molecule has 1 amide bonds. The van der Waals surface area contributed by atoms with Crippen molar-refractivity contribution in [3.8, 4) is 17.2 Å². The molecule has 11 heteroatoms. The van der Waals surface area contributed by atoms with Crippen LogP contribution in [0.4, 0.5) is 17.6 Å². The molecule has 1 N–H and O–H groups in total. The maximum Gasteiger partial charge on any atom is 0.435 e. The number of alkyl halides is 3. The van der Waals surface area contributed by atoms with E-state index in [0.29, 0.717) is 21.7 Å². The zero-order chi connectivity index (χ0) is 22.6. The van der Waals surface area contributed by atoms with Gasteiger partial charge in [-0.3, -0.25) is 4.79 Å². The van der Waals surface area contributed by atoms with E-state index in [1.54, 1.807) is 18.2 Å². The fraction of sp³-hybridized carbons (Fsp3) is 0.250. The summed E-state index contributed by atoms with van der Waals surface area (Å²) in [5, 5.41) is 9.27. The first-order valence-corrected chi connectivity index (χ1v) is 9.02. The summed E-state index contributed by atoms with van der Waals surface area (Å²) in [6.45, 7) is 0.0169. The minimum atomic E-state index is -4.92. The molecule has 7 nitrogen and oxygen atoms in total. The summed E-state index contributed by atoms with van der Waals surface area (Å²) in [5.41, 5.74) is -1.61. The van der Waals surface area contributed by atoms with Crippen LogP contribution in [0.3, 0.4) is 0 Å². The second-order valence-electron chi connectivity index (χ2n) is 6.36. The van der Waals surface area contributed by atoms with E-state index in [4.69, 9.17) is 9.47 Å². The highest BCUT2D eigenvalue weighted by Crippen LogP contribution is 2.32. The van der Waals surface area contributed by atoms with Crippen molar-refractivity contribution >= 4 is 5.91 Å². The van der Waals surface area contributed by atoms with Crippen molar-refractivity contribution in [3.63, 3.8) is 0 Å². The third-order valence-corrected chi connectivity index (χ3v) is 4.39. The number of halogens is 4. The molecule has 0 unspecified atom stereocenters. The Bertz CT molecular complexity index is 1070. The number of hydrogen-bond donors (Lipinski definition) is 1. The predicted octanol–water partition coefficient (Wildman–Crippen LogP) is 3.41. The van der Waals surface area contributed by atoms with Crippen molar-refractivity contribution in [2.24, 2.45) is 0 Å². The molecular formula is C20H18F4N4O3. The molecule has 0 bridgehead atoms. The van der Waals surface area contributed by atoms with Gasteiger partial charge < -0.3 is 14.8 Å². The van der Waals surface area contributed by atoms with Crippen LogP contribution in [0.15, 0.2) is 42.5 Å². The number of aromatic nitrogens is 3. The van der Waals surface area contributed by atoms with Gasteiger partial charge in [-0.2, -0.15) is 13.2 Å². The summed E-state index contributed by atoms with van der Waals surface area (Å²) >= 11 is 0. The van der Waals surface area contributed by atoms with Crippen LogP contribution in [-0.4, -0.2) is 41.7 Å². The molecule has 3 rings (SSSR count). The molecule has 0 aliphatic carbocycles. The van der Waals surface area contributed by atoms with Gasteiger partial charge in [-0.25, -0.2) is 9.07 Å². The Morgan fingerprint density at radius 1 is 1.10 bits per heavy atom. The van der Waals surface area contributed by atoms with Crippen LogP contribution in [0.5, 0.6) is 11.5 Å². The molecule has 1 heterocycles. The molecule has 0 radical (unpaired) electrons. The first-order valence-electron chi connectivity index (χ1n) is 9.02. The standard InChI is InChI=1S/C20H18F4N4O3/c1-30-15-7-8-16(31-2)12(11-15)9-10-25-19(29)17-18(20(22,23)24)28(27-26-17)14-5-3-13(21)4-6-14/h3-8,11H,9-10H2,1-2H3,(H,25,29). The normalized spacial score (nSPS) is 11.3. The topological polar surface area (TPSA) is 78.3 Å². The SMILES string of the molecule is COc1ccc(OC)c(CCNC(=O)c2nnn(-c3ccc(F)cc3)c2C(F)(F)F)c1. The van der Waals surface area contributed by atoms with Crippen molar-refractivity contribution in [2.45, 2.75) is 12.6 Å². The maximum absolute atomic E-state index is 13.7. The largest absolute Gasteiger partial charge is 0.497 e. The Kier molecular flexibility index (Phi) is 6.42. The Labute approximate surface area is 174 Å². The lowest BCUT2D eigenvalue weighted by Crippen LogP contribution is -2.29. The van der Waals surface area contributed by atoms with Crippen molar-refractivity contribution in [1.29, 1.82) is 0 Å². The average Bonchev–Trinajstić information content (AvgIpc) is 3.20. The number of nitrogens with zero attached hydrogens (tertiary/aromatic N) is 3. The lowest BCUT2D eigenvalue weighted by molar-refractivity contribution is -0.143. The summed E-state index contributed by atoms with van der Waals surface area (Å²) in [5.74, 6) is -0.539. The summed E-state index contributed by atoms with van der Waals surface area (Å²) in [6, 6.07) is 9.27. The third kappa shape index (κ3) is 4.93. The minimum Gasteiger partial charge on any atom is -0.497 e. The second-order valence-corrected chi connectivity index (χ2v) is 6.36. The van der Waals surface area contributed by atoms with Crippen LogP contribution < -0.4 is 14.8 Å². The zero-order valence-electron chi connectivity index (χ0n) is 16.5. The zero-order valence-corrected chi connectivity index (χ0v) is 16.5. The van der Waals surface area contributed by atoms with Gasteiger partial charge in [-0.1, -0.05) is 5.21 Å². The highest BCUT2D eigenvalue weighted by atomic mass is 19.4. The van der Waals surface area contributed by atoms with Gasteiger partial charge in [0.05, 0.1) is 19.9 Å². The van der Waals surface area contributed by atoms with Crippen LogP contribution in [0.25, 0.3) is 5.69 Å². The number of benzene rings is 2. The number of rotatable bonds is 7. The van der Waals surface area contributed by atoms with E-state index in [0.717, 1.165) is 24.3 Å². The quantitative estimate of drug-likeness (QED) is 0.572. The van der Waals surface area contributed by atoms with E-state index in [9.17, 15) is 22.4 Å². The van der Waals surface area contributed by atoms with Crippen molar-refractivity contribution < 1.29 is 31.8 Å². The monoisotopic (exact) mass is 438 g/mol. The van der Waals surface area contributed by atoms with Gasteiger partial charge >= 0.3 is 6.18 Å². The number of ether oxygens (including phenoxy) is 2. The van der Waals surface area contributed by atoms with Crippen LogP contribution in [-0.2, 0) is 12.6 Å². The Balaban J connectivity index is 1.80. The van der Waals surface area contributed by atoms with Crippen LogP contribution in [0, 0.1) is 5.82 Å². The predicted molar refractivity (Wildman–Crippen MR) is 102 cm³/mol. The molecule has 31 heavy (non-hydrogen) atoms. The number of hydrogen-bond acceptors (Lipinski definition) is 5. The van der Waals surface area contributed by atoms with Gasteiger partial charge in [-0.15, -0.1) is 5.10 Å². The smallest absolute Gasteiger partial charge is 0.435 e. The van der Waals surface area contributed by atoms with E-state index < -0.39 is 29.3 Å². The number of nitrogens with one attached hydrogen (secondary N) is 1. The molecule has 0 fully saturated rings. The van der Waals surface area contributed by atoms with Crippen LogP contribution in [0.1, 0.15) is 21.7 Å². The summed E-state index contributed by atoms with van der Waals surface area (Å²) < 4.78 is 64.9. The van der Waals surface area contributed by atoms with E-state index in [2.05, 4.69) is 15.6 Å². The number of carbonyl (C=O) groups is 1. The molecule has 0 atom stereocenters. The Morgan fingerprint density at radius 2 is 1.81 bits per heavy atom. The van der Waals surface area contributed by atoms with E-state index in [-0.39, 0.29) is 18.7 Å². The molecule has 0 saturated carbocycles. The highest BCUT2D eigenvalue weighted by Gasteiger charge is 2.42. The molecule has 0 aliphatic rings. The summed E-state index contributed by atoms with van der Waals surface area (Å²) in [4.78, 5) is 12.4. The van der Waals surface area contributed by atoms with Crippen molar-refractivity contribution in [3.05, 3.63) is 65.2 Å². The number of methoxy groups -OCH3 is 2. The van der Waals surface area contributed by atoms with E-state index >= 15 is 0 Å². The lowest BCUT2D eigenvalue weighted by atomic mass is 10.1. The summed E-state index contributed by atoms with van der Waals surface area (Å²) in [7, 11) is 2.98. The van der Waals surface area contributed by atoms with Crippen molar-refractivity contribution in [2.75, 3.05) is 20.8 Å². The molecule has 0 saturated heterocycles. The van der Waals surface area contributed by atoms with E-state index in [1.807, 2.05) is 0 Å². The summed E-state index contributed by atoms with van der Waals surface area (Å²) in [6.07, 6.45) is -4.64. The van der Waals surface area contributed by atoms with Crippen LogP contribution in [0.2, 0.25) is 0 Å². The Morgan fingerprint density at radius 3 is 2.42 bits per heavy atom. The molecular weight excluding hydrogens is 420 g/mol. The molecule has 0 aliphatic heterocycles.